The second-order valence-electron chi connectivity index (χ2n) is 4.54. The maximum atomic E-state index is 13.1. The lowest BCUT2D eigenvalue weighted by molar-refractivity contribution is 0.475. The molecule has 0 aliphatic carbocycles. The molecule has 0 bridgehead atoms. The molecule has 1 atom stereocenters. The van der Waals surface area contributed by atoms with E-state index in [0.29, 0.717) is 4.47 Å². The third-order valence-corrected chi connectivity index (χ3v) is 3.42. The van der Waals surface area contributed by atoms with Crippen molar-refractivity contribution in [1.29, 1.82) is 0 Å². The van der Waals surface area contributed by atoms with Gasteiger partial charge in [0.2, 0.25) is 0 Å². The summed E-state index contributed by atoms with van der Waals surface area (Å²) in [6, 6.07) is 12.2. The molecule has 0 radical (unpaired) electrons. The summed E-state index contributed by atoms with van der Waals surface area (Å²) in [4.78, 5) is 0. The zero-order valence-corrected chi connectivity index (χ0v) is 12.1. The summed E-state index contributed by atoms with van der Waals surface area (Å²) in [5, 5.41) is 12.5. The lowest BCUT2D eigenvalue weighted by atomic mass is 10.1. The van der Waals surface area contributed by atoms with Gasteiger partial charge in [-0.25, -0.2) is 4.39 Å². The fraction of sp³-hybridized carbons (Fsp3) is 0.200. The van der Waals surface area contributed by atoms with Crippen LogP contribution in [0.1, 0.15) is 12.5 Å². The highest BCUT2D eigenvalue weighted by atomic mass is 79.9. The number of hydrogen-bond donors (Lipinski definition) is 2. The van der Waals surface area contributed by atoms with Crippen LogP contribution in [0.5, 0.6) is 5.75 Å². The van der Waals surface area contributed by atoms with Gasteiger partial charge in [-0.2, -0.15) is 0 Å². The molecule has 0 heterocycles. The molecule has 0 fully saturated rings. The molecular weight excluding hydrogens is 309 g/mol. The summed E-state index contributed by atoms with van der Waals surface area (Å²) in [5.41, 5.74) is 2.01. The molecule has 2 rings (SSSR count). The number of anilines is 1. The Balaban J connectivity index is 1.98. The number of hydrogen-bond acceptors (Lipinski definition) is 2. The summed E-state index contributed by atoms with van der Waals surface area (Å²) in [7, 11) is 0. The third-order valence-electron chi connectivity index (χ3n) is 2.81. The van der Waals surface area contributed by atoms with Gasteiger partial charge in [0.25, 0.3) is 0 Å². The molecule has 0 saturated heterocycles. The monoisotopic (exact) mass is 323 g/mol. The van der Waals surface area contributed by atoms with Crippen molar-refractivity contribution in [3.05, 3.63) is 58.3 Å². The Bertz CT molecular complexity index is 557. The number of phenolic OH excluding ortho intramolecular Hbond substituents is 1. The van der Waals surface area contributed by atoms with Gasteiger partial charge in [-0.3, -0.25) is 0 Å². The zero-order valence-electron chi connectivity index (χ0n) is 10.5. The number of nitrogens with one attached hydrogen (secondary N) is 1. The molecule has 2 aromatic rings. The minimum atomic E-state index is -0.267. The van der Waals surface area contributed by atoms with Crippen LogP contribution in [0.3, 0.4) is 0 Å². The van der Waals surface area contributed by atoms with Crippen LogP contribution in [-0.2, 0) is 6.42 Å². The van der Waals surface area contributed by atoms with Gasteiger partial charge >= 0.3 is 0 Å². The third kappa shape index (κ3) is 3.96. The van der Waals surface area contributed by atoms with Gasteiger partial charge < -0.3 is 10.4 Å². The van der Waals surface area contributed by atoms with E-state index in [1.165, 1.54) is 6.07 Å². The van der Waals surface area contributed by atoms with Crippen molar-refractivity contribution < 1.29 is 9.50 Å². The highest BCUT2D eigenvalue weighted by molar-refractivity contribution is 9.10. The number of benzene rings is 2. The van der Waals surface area contributed by atoms with Crippen molar-refractivity contribution in [2.24, 2.45) is 0 Å². The van der Waals surface area contributed by atoms with Gasteiger partial charge in [-0.05, 0) is 65.2 Å². The van der Waals surface area contributed by atoms with Gasteiger partial charge in [0.15, 0.2) is 0 Å². The number of phenols is 1. The Kier molecular flexibility index (Phi) is 4.43. The minimum Gasteiger partial charge on any atom is -0.508 e. The zero-order chi connectivity index (χ0) is 13.8. The first-order valence-corrected chi connectivity index (χ1v) is 6.83. The molecule has 2 aromatic carbocycles. The quantitative estimate of drug-likeness (QED) is 0.877. The Labute approximate surface area is 120 Å². The number of aromatic hydroxyl groups is 1. The molecule has 4 heteroatoms. The Morgan fingerprint density at radius 2 is 1.89 bits per heavy atom. The van der Waals surface area contributed by atoms with Crippen LogP contribution < -0.4 is 5.32 Å². The molecule has 0 spiro atoms. The van der Waals surface area contributed by atoms with E-state index in [2.05, 4.69) is 28.2 Å². The van der Waals surface area contributed by atoms with E-state index in [-0.39, 0.29) is 17.6 Å². The van der Waals surface area contributed by atoms with Gasteiger partial charge in [0.05, 0.1) is 4.47 Å². The van der Waals surface area contributed by atoms with Crippen molar-refractivity contribution in [3.8, 4) is 5.75 Å². The fourth-order valence-electron chi connectivity index (χ4n) is 1.91. The SMILES string of the molecule is CC(Cc1ccc(O)cc1)Nc1ccc(F)c(Br)c1. The summed E-state index contributed by atoms with van der Waals surface area (Å²) in [6.07, 6.45) is 0.829. The molecule has 2 nitrogen and oxygen atoms in total. The molecule has 0 saturated carbocycles. The summed E-state index contributed by atoms with van der Waals surface area (Å²) in [6.45, 7) is 2.06. The molecule has 0 aliphatic rings. The molecule has 2 N–H and O–H groups in total. The first-order valence-electron chi connectivity index (χ1n) is 6.04. The standard InChI is InChI=1S/C15H15BrFNO/c1-10(8-11-2-5-13(19)6-3-11)18-12-4-7-15(17)14(16)9-12/h2-7,9-10,18-19H,8H2,1H3. The van der Waals surface area contributed by atoms with Crippen LogP contribution in [0, 0.1) is 5.82 Å². The van der Waals surface area contributed by atoms with E-state index >= 15 is 0 Å². The highest BCUT2D eigenvalue weighted by Gasteiger charge is 2.06. The minimum absolute atomic E-state index is 0.210. The van der Waals surface area contributed by atoms with Crippen LogP contribution >= 0.6 is 15.9 Å². The first kappa shape index (κ1) is 13.9. The molecule has 0 aromatic heterocycles. The largest absolute Gasteiger partial charge is 0.508 e. The molecule has 0 amide bonds. The maximum absolute atomic E-state index is 13.1. The van der Waals surface area contributed by atoms with Crippen molar-refractivity contribution in [2.45, 2.75) is 19.4 Å². The average molecular weight is 324 g/mol. The predicted molar refractivity (Wildman–Crippen MR) is 79.0 cm³/mol. The molecule has 1 unspecified atom stereocenters. The van der Waals surface area contributed by atoms with Crippen LogP contribution in [0.15, 0.2) is 46.9 Å². The van der Waals surface area contributed by atoms with Gasteiger partial charge in [-0.1, -0.05) is 12.1 Å². The van der Waals surface area contributed by atoms with E-state index in [0.717, 1.165) is 17.7 Å². The van der Waals surface area contributed by atoms with Crippen molar-refractivity contribution in [1.82, 2.24) is 0 Å². The van der Waals surface area contributed by atoms with Crippen LogP contribution in [0.2, 0.25) is 0 Å². The van der Waals surface area contributed by atoms with E-state index in [4.69, 9.17) is 0 Å². The Morgan fingerprint density at radius 1 is 1.21 bits per heavy atom. The van der Waals surface area contributed by atoms with Gasteiger partial charge in [0.1, 0.15) is 11.6 Å². The van der Waals surface area contributed by atoms with Gasteiger partial charge in [-0.15, -0.1) is 0 Å². The second-order valence-corrected chi connectivity index (χ2v) is 5.40. The van der Waals surface area contributed by atoms with Crippen molar-refractivity contribution in [2.75, 3.05) is 5.32 Å². The summed E-state index contributed by atoms with van der Waals surface area (Å²) in [5.74, 6) is 0.00330. The Morgan fingerprint density at radius 3 is 2.53 bits per heavy atom. The summed E-state index contributed by atoms with van der Waals surface area (Å²) < 4.78 is 13.6. The second kappa shape index (κ2) is 6.06. The van der Waals surface area contributed by atoms with Crippen LogP contribution in [-0.4, -0.2) is 11.1 Å². The maximum Gasteiger partial charge on any atom is 0.137 e. The lowest BCUT2D eigenvalue weighted by Gasteiger charge is -2.15. The molecule has 0 aliphatic heterocycles. The topological polar surface area (TPSA) is 32.3 Å². The van der Waals surface area contributed by atoms with E-state index < -0.39 is 0 Å². The smallest absolute Gasteiger partial charge is 0.137 e. The average Bonchev–Trinajstić information content (AvgIpc) is 2.37. The normalized spacial score (nSPS) is 12.2. The molecule has 100 valence electrons. The predicted octanol–water partition coefficient (Wildman–Crippen LogP) is 4.34. The van der Waals surface area contributed by atoms with Crippen LogP contribution in [0.4, 0.5) is 10.1 Å². The Hall–Kier alpha value is -1.55. The summed E-state index contributed by atoms with van der Waals surface area (Å²) >= 11 is 3.17. The lowest BCUT2D eigenvalue weighted by Crippen LogP contribution is -2.18. The first-order chi connectivity index (χ1) is 9.04. The number of rotatable bonds is 4. The molecular formula is C15H15BrFNO. The number of halogens is 2. The fourth-order valence-corrected chi connectivity index (χ4v) is 2.29. The molecule has 19 heavy (non-hydrogen) atoms. The van der Waals surface area contributed by atoms with Gasteiger partial charge in [0, 0.05) is 11.7 Å². The highest BCUT2D eigenvalue weighted by Crippen LogP contribution is 2.21. The van der Waals surface area contributed by atoms with Crippen molar-refractivity contribution in [3.63, 3.8) is 0 Å². The van der Waals surface area contributed by atoms with Crippen molar-refractivity contribution >= 4 is 21.6 Å². The van der Waals surface area contributed by atoms with E-state index in [1.807, 2.05) is 12.1 Å². The van der Waals surface area contributed by atoms with E-state index in [9.17, 15) is 9.50 Å². The van der Waals surface area contributed by atoms with Crippen LogP contribution in [0.25, 0.3) is 0 Å². The van der Waals surface area contributed by atoms with E-state index in [1.54, 1.807) is 24.3 Å².